The van der Waals surface area contributed by atoms with Crippen LogP contribution < -0.4 is 24.0 Å². The summed E-state index contributed by atoms with van der Waals surface area (Å²) < 4.78 is 1.46. The fourth-order valence-corrected chi connectivity index (χ4v) is 2.55. The molecule has 0 radical (unpaired) electrons. The number of unbranched alkanes of at least 4 members (excludes halogenated alkanes) is 2. The van der Waals surface area contributed by atoms with Crippen molar-refractivity contribution in [3.05, 3.63) is 0 Å². The van der Waals surface area contributed by atoms with E-state index in [-0.39, 0.29) is 24.0 Å². The van der Waals surface area contributed by atoms with Crippen molar-refractivity contribution in [3.63, 3.8) is 0 Å². The predicted octanol–water partition coefficient (Wildman–Crippen LogP) is 0.201. The quantitative estimate of drug-likeness (QED) is 0.486. The molecule has 14 heavy (non-hydrogen) atoms. The molecule has 0 spiro atoms. The summed E-state index contributed by atoms with van der Waals surface area (Å²) in [6, 6.07) is 0. The lowest BCUT2D eigenvalue weighted by Crippen LogP contribution is -3.00. The summed E-state index contributed by atoms with van der Waals surface area (Å²) in [7, 11) is 0. The predicted molar refractivity (Wildman–Crippen MR) is 58.8 cm³/mol. The van der Waals surface area contributed by atoms with E-state index in [0.717, 1.165) is 0 Å². The smallest absolute Gasteiger partial charge is 0.0788 e. The van der Waals surface area contributed by atoms with E-state index < -0.39 is 0 Å². The van der Waals surface area contributed by atoms with Crippen LogP contribution in [0.5, 0.6) is 0 Å². The zero-order valence-corrected chi connectivity index (χ0v) is 12.1. The monoisotopic (exact) mass is 311 g/mol. The van der Waals surface area contributed by atoms with Crippen LogP contribution in [-0.4, -0.2) is 30.7 Å². The molecule has 0 N–H and O–H groups in total. The van der Waals surface area contributed by atoms with E-state index in [2.05, 4.69) is 13.8 Å². The Morgan fingerprint density at radius 1 is 0.857 bits per heavy atom. The highest BCUT2D eigenvalue weighted by Gasteiger charge is 2.29. The Hall–Kier alpha value is 0.690. The van der Waals surface area contributed by atoms with Gasteiger partial charge in [0, 0.05) is 12.8 Å². The third-order valence-electron chi connectivity index (χ3n) is 3.49. The van der Waals surface area contributed by atoms with Crippen molar-refractivity contribution in [1.82, 2.24) is 0 Å². The van der Waals surface area contributed by atoms with Crippen LogP contribution in [0.15, 0.2) is 0 Å². The molecule has 1 aliphatic heterocycles. The Morgan fingerprint density at radius 2 is 1.29 bits per heavy atom. The molecule has 1 fully saturated rings. The molecule has 1 nitrogen and oxygen atoms in total. The van der Waals surface area contributed by atoms with Crippen molar-refractivity contribution in [2.45, 2.75) is 52.4 Å². The average Bonchev–Trinajstić information content (AvgIpc) is 2.61. The van der Waals surface area contributed by atoms with Gasteiger partial charge in [-0.1, -0.05) is 26.7 Å². The van der Waals surface area contributed by atoms with Gasteiger partial charge >= 0.3 is 0 Å². The third kappa shape index (κ3) is 4.47. The summed E-state index contributed by atoms with van der Waals surface area (Å²) in [4.78, 5) is 0. The van der Waals surface area contributed by atoms with Gasteiger partial charge in [0.2, 0.25) is 0 Å². The van der Waals surface area contributed by atoms with Crippen LogP contribution in [0.2, 0.25) is 0 Å². The van der Waals surface area contributed by atoms with Gasteiger partial charge in [0.05, 0.1) is 26.2 Å². The molecule has 1 saturated heterocycles. The molecular weight excluding hydrogens is 285 g/mol. The maximum atomic E-state index is 2.31. The number of halogens is 1. The molecule has 0 aromatic heterocycles. The minimum Gasteiger partial charge on any atom is -1.00 e. The molecule has 0 unspecified atom stereocenters. The SMILES string of the molecule is CCCC[N+]1(CCCC)CCCC1.[I-]. The highest BCUT2D eigenvalue weighted by atomic mass is 127. The molecule has 0 aromatic rings. The minimum absolute atomic E-state index is 0. The van der Waals surface area contributed by atoms with E-state index in [1.54, 1.807) is 0 Å². The highest BCUT2D eigenvalue weighted by Crippen LogP contribution is 2.21. The first-order valence-corrected chi connectivity index (χ1v) is 6.18. The van der Waals surface area contributed by atoms with E-state index >= 15 is 0 Å². The zero-order chi connectivity index (χ0) is 9.57. The molecule has 0 saturated carbocycles. The Labute approximate surface area is 107 Å². The van der Waals surface area contributed by atoms with Crippen molar-refractivity contribution < 1.29 is 28.5 Å². The van der Waals surface area contributed by atoms with E-state index in [4.69, 9.17) is 0 Å². The van der Waals surface area contributed by atoms with Crippen LogP contribution in [0.3, 0.4) is 0 Å². The Morgan fingerprint density at radius 3 is 1.64 bits per heavy atom. The number of nitrogens with zero attached hydrogens (tertiary/aromatic N) is 1. The molecule has 1 rings (SSSR count). The van der Waals surface area contributed by atoms with Gasteiger partial charge in [-0.2, -0.15) is 0 Å². The van der Waals surface area contributed by atoms with Crippen molar-refractivity contribution in [2.24, 2.45) is 0 Å². The first-order valence-electron chi connectivity index (χ1n) is 6.18. The van der Waals surface area contributed by atoms with Crippen LogP contribution in [0, 0.1) is 0 Å². The lowest BCUT2D eigenvalue weighted by Gasteiger charge is -2.34. The second kappa shape index (κ2) is 7.91. The van der Waals surface area contributed by atoms with Crippen molar-refractivity contribution in [2.75, 3.05) is 26.2 Å². The standard InChI is InChI=1S/C12H26N.HI/c1-3-5-9-13(10-6-4-2)11-7-8-12-13;/h3-12H2,1-2H3;1H/q+1;/p-1. The summed E-state index contributed by atoms with van der Waals surface area (Å²) in [6.45, 7) is 10.5. The maximum Gasteiger partial charge on any atom is 0.0788 e. The lowest BCUT2D eigenvalue weighted by molar-refractivity contribution is -0.917. The second-order valence-corrected chi connectivity index (χ2v) is 4.65. The summed E-state index contributed by atoms with van der Waals surface area (Å²) in [5.41, 5.74) is 0. The summed E-state index contributed by atoms with van der Waals surface area (Å²) in [5, 5.41) is 0. The van der Waals surface area contributed by atoms with Crippen LogP contribution >= 0.6 is 0 Å². The van der Waals surface area contributed by atoms with Crippen molar-refractivity contribution in [1.29, 1.82) is 0 Å². The number of rotatable bonds is 6. The fourth-order valence-electron chi connectivity index (χ4n) is 2.55. The van der Waals surface area contributed by atoms with Gasteiger partial charge in [0.15, 0.2) is 0 Å². The summed E-state index contributed by atoms with van der Waals surface area (Å²) in [5.74, 6) is 0. The van der Waals surface area contributed by atoms with Gasteiger partial charge in [-0.15, -0.1) is 0 Å². The molecule has 1 aliphatic rings. The first-order chi connectivity index (χ1) is 6.33. The van der Waals surface area contributed by atoms with Gasteiger partial charge < -0.3 is 28.5 Å². The minimum atomic E-state index is 0. The topological polar surface area (TPSA) is 0 Å². The number of likely N-dealkylation sites (tertiary alicyclic amines) is 1. The molecule has 86 valence electrons. The first kappa shape index (κ1) is 14.7. The van der Waals surface area contributed by atoms with Crippen molar-refractivity contribution >= 4 is 0 Å². The van der Waals surface area contributed by atoms with Gasteiger partial charge in [0.1, 0.15) is 0 Å². The molecule has 0 atom stereocenters. The second-order valence-electron chi connectivity index (χ2n) is 4.65. The normalized spacial score (nSPS) is 19.3. The van der Waals surface area contributed by atoms with Gasteiger partial charge in [-0.05, 0) is 12.8 Å². The number of quaternary nitrogens is 1. The average molecular weight is 311 g/mol. The number of hydrogen-bond donors (Lipinski definition) is 0. The van der Waals surface area contributed by atoms with Gasteiger partial charge in [-0.25, -0.2) is 0 Å². The molecule has 0 aliphatic carbocycles. The molecule has 1 heterocycles. The van der Waals surface area contributed by atoms with Gasteiger partial charge in [-0.3, -0.25) is 0 Å². The van der Waals surface area contributed by atoms with Crippen LogP contribution in [0.25, 0.3) is 0 Å². The molecular formula is C12H26IN. The Bertz CT molecular complexity index is 120. The summed E-state index contributed by atoms with van der Waals surface area (Å²) >= 11 is 0. The number of hydrogen-bond acceptors (Lipinski definition) is 0. The Kier molecular flexibility index (Phi) is 8.30. The van der Waals surface area contributed by atoms with Crippen LogP contribution in [0.1, 0.15) is 52.4 Å². The third-order valence-corrected chi connectivity index (χ3v) is 3.49. The zero-order valence-electron chi connectivity index (χ0n) is 9.90. The van der Waals surface area contributed by atoms with Crippen LogP contribution in [0.4, 0.5) is 0 Å². The molecule has 0 aromatic carbocycles. The Balaban J connectivity index is 0.00000169. The van der Waals surface area contributed by atoms with E-state index in [9.17, 15) is 0 Å². The molecule has 2 heteroatoms. The molecule has 0 amide bonds. The lowest BCUT2D eigenvalue weighted by atomic mass is 10.2. The summed E-state index contributed by atoms with van der Waals surface area (Å²) in [6.07, 6.45) is 8.56. The maximum absolute atomic E-state index is 2.31. The van der Waals surface area contributed by atoms with E-state index in [0.29, 0.717) is 0 Å². The van der Waals surface area contributed by atoms with E-state index in [1.165, 1.54) is 69.2 Å². The van der Waals surface area contributed by atoms with Crippen molar-refractivity contribution in [3.8, 4) is 0 Å². The largest absolute Gasteiger partial charge is 1.00 e. The van der Waals surface area contributed by atoms with Gasteiger partial charge in [0.25, 0.3) is 0 Å². The highest BCUT2D eigenvalue weighted by molar-refractivity contribution is 4.55. The van der Waals surface area contributed by atoms with E-state index in [1.807, 2.05) is 0 Å². The fraction of sp³-hybridized carbons (Fsp3) is 1.00. The van der Waals surface area contributed by atoms with Crippen LogP contribution in [-0.2, 0) is 0 Å². The molecule has 0 bridgehead atoms.